The number of piperidine rings is 1. The summed E-state index contributed by atoms with van der Waals surface area (Å²) in [4.78, 5) is 6.46. The molecule has 1 aromatic rings. The average molecular weight is 263 g/mol. The number of aliphatic hydroxyl groups is 1. The number of hydrogen-bond donors (Lipinski definition) is 1. The highest BCUT2D eigenvalue weighted by Crippen LogP contribution is 2.26. The summed E-state index contributed by atoms with van der Waals surface area (Å²) in [5.41, 5.74) is 0. The van der Waals surface area contributed by atoms with Crippen molar-refractivity contribution in [3.8, 4) is 0 Å². The first-order chi connectivity index (χ1) is 6.25. The number of aromatic nitrogens is 1. The van der Waals surface area contributed by atoms with E-state index < -0.39 is 0 Å². The second-order valence-corrected chi connectivity index (χ2v) is 4.84. The maximum atomic E-state index is 9.47. The van der Waals surface area contributed by atoms with Gasteiger partial charge in [-0.15, -0.1) is 11.3 Å². The van der Waals surface area contributed by atoms with Crippen molar-refractivity contribution in [1.82, 2.24) is 4.98 Å². The van der Waals surface area contributed by atoms with Crippen LogP contribution in [0.1, 0.15) is 12.8 Å². The topological polar surface area (TPSA) is 36.4 Å². The van der Waals surface area contributed by atoms with Crippen molar-refractivity contribution in [3.63, 3.8) is 0 Å². The first-order valence-electron chi connectivity index (χ1n) is 4.30. The molecule has 0 bridgehead atoms. The molecule has 1 N–H and O–H groups in total. The van der Waals surface area contributed by atoms with Gasteiger partial charge in [0.1, 0.15) is 4.60 Å². The van der Waals surface area contributed by atoms with Gasteiger partial charge < -0.3 is 10.0 Å². The van der Waals surface area contributed by atoms with E-state index >= 15 is 0 Å². The Kier molecular flexibility index (Phi) is 2.86. The highest BCUT2D eigenvalue weighted by molar-refractivity contribution is 9.10. The van der Waals surface area contributed by atoms with Crippen LogP contribution in [0, 0.1) is 0 Å². The summed E-state index contributed by atoms with van der Waals surface area (Å²) in [5.74, 6) is 0. The number of β-amino-alcohol motifs (C(OH)–C–C–N with tert-alkyl or cyclic N) is 1. The molecule has 0 spiro atoms. The molecule has 0 saturated carbocycles. The summed E-state index contributed by atoms with van der Waals surface area (Å²) in [5, 5.41) is 12.4. The fraction of sp³-hybridized carbons (Fsp3) is 0.625. The molecule has 1 aliphatic heterocycles. The van der Waals surface area contributed by atoms with Crippen molar-refractivity contribution >= 4 is 32.4 Å². The van der Waals surface area contributed by atoms with Gasteiger partial charge in [-0.05, 0) is 28.8 Å². The molecule has 0 amide bonds. The third-order valence-electron chi connectivity index (χ3n) is 2.13. The van der Waals surface area contributed by atoms with E-state index in [2.05, 4.69) is 25.8 Å². The summed E-state index contributed by atoms with van der Waals surface area (Å²) in [6.07, 6.45) is 1.79. The van der Waals surface area contributed by atoms with Gasteiger partial charge in [0.25, 0.3) is 0 Å². The lowest BCUT2D eigenvalue weighted by molar-refractivity contribution is 0.154. The number of anilines is 1. The van der Waals surface area contributed by atoms with E-state index in [1.165, 1.54) is 0 Å². The third kappa shape index (κ3) is 2.21. The standard InChI is InChI=1S/C8H11BrN2OS/c9-7-5-13-8(10-7)11-3-1-2-6(12)4-11/h5-6,12H,1-4H2/t6-/m0/s1. The molecule has 1 aliphatic rings. The quantitative estimate of drug-likeness (QED) is 0.840. The normalized spacial score (nSPS) is 23.5. The smallest absolute Gasteiger partial charge is 0.186 e. The predicted molar refractivity (Wildman–Crippen MR) is 57.3 cm³/mol. The Morgan fingerprint density at radius 3 is 3.15 bits per heavy atom. The molecule has 0 radical (unpaired) electrons. The summed E-state index contributed by atoms with van der Waals surface area (Å²) >= 11 is 4.94. The van der Waals surface area contributed by atoms with Crippen LogP contribution in [-0.2, 0) is 0 Å². The van der Waals surface area contributed by atoms with E-state index in [1.54, 1.807) is 11.3 Å². The van der Waals surface area contributed by atoms with Crippen LogP contribution in [0.4, 0.5) is 5.13 Å². The second-order valence-electron chi connectivity index (χ2n) is 3.19. The Labute approximate surface area is 89.5 Å². The first-order valence-corrected chi connectivity index (χ1v) is 5.97. The summed E-state index contributed by atoms with van der Waals surface area (Å²) < 4.78 is 0.882. The number of thiazole rings is 1. The van der Waals surface area contributed by atoms with Gasteiger partial charge in [-0.25, -0.2) is 4.98 Å². The first kappa shape index (κ1) is 9.43. The van der Waals surface area contributed by atoms with Crippen LogP contribution in [0.15, 0.2) is 9.98 Å². The third-order valence-corrected chi connectivity index (χ3v) is 3.74. The molecule has 13 heavy (non-hydrogen) atoms. The van der Waals surface area contributed by atoms with E-state index in [4.69, 9.17) is 0 Å². The van der Waals surface area contributed by atoms with E-state index in [0.29, 0.717) is 0 Å². The highest BCUT2D eigenvalue weighted by atomic mass is 79.9. The monoisotopic (exact) mass is 262 g/mol. The fourth-order valence-corrected chi connectivity index (χ4v) is 2.81. The van der Waals surface area contributed by atoms with E-state index in [9.17, 15) is 5.11 Å². The molecule has 0 aliphatic carbocycles. The van der Waals surface area contributed by atoms with Gasteiger partial charge in [0, 0.05) is 18.5 Å². The Morgan fingerprint density at radius 2 is 2.54 bits per heavy atom. The van der Waals surface area contributed by atoms with Gasteiger partial charge >= 0.3 is 0 Å². The molecule has 5 heteroatoms. The predicted octanol–water partition coefficient (Wildman–Crippen LogP) is 1.87. The van der Waals surface area contributed by atoms with Gasteiger partial charge in [-0.2, -0.15) is 0 Å². The van der Waals surface area contributed by atoms with Gasteiger partial charge in [0.2, 0.25) is 0 Å². The van der Waals surface area contributed by atoms with Crippen molar-refractivity contribution in [1.29, 1.82) is 0 Å². The Balaban J connectivity index is 2.08. The average Bonchev–Trinajstić information content (AvgIpc) is 2.52. The van der Waals surface area contributed by atoms with Crippen molar-refractivity contribution in [2.45, 2.75) is 18.9 Å². The lowest BCUT2D eigenvalue weighted by atomic mass is 10.1. The minimum Gasteiger partial charge on any atom is -0.391 e. The number of nitrogens with zero attached hydrogens (tertiary/aromatic N) is 2. The number of rotatable bonds is 1. The fourth-order valence-electron chi connectivity index (χ4n) is 1.52. The van der Waals surface area contributed by atoms with Crippen molar-refractivity contribution in [2.24, 2.45) is 0 Å². The molecule has 2 rings (SSSR count). The zero-order chi connectivity index (χ0) is 9.26. The van der Waals surface area contributed by atoms with Crippen LogP contribution in [0.3, 0.4) is 0 Å². The van der Waals surface area contributed by atoms with Gasteiger partial charge in [0.05, 0.1) is 6.10 Å². The van der Waals surface area contributed by atoms with Gasteiger partial charge in [-0.3, -0.25) is 0 Å². The Bertz CT molecular complexity index is 291. The lowest BCUT2D eigenvalue weighted by Gasteiger charge is -2.29. The molecule has 72 valence electrons. The summed E-state index contributed by atoms with van der Waals surface area (Å²) in [7, 11) is 0. The minimum atomic E-state index is -0.184. The Morgan fingerprint density at radius 1 is 1.69 bits per heavy atom. The molecule has 1 fully saturated rings. The maximum Gasteiger partial charge on any atom is 0.186 e. The molecular weight excluding hydrogens is 252 g/mol. The molecule has 1 saturated heterocycles. The summed E-state index contributed by atoms with van der Waals surface area (Å²) in [6, 6.07) is 0. The van der Waals surface area contributed by atoms with E-state index in [1.807, 2.05) is 5.38 Å². The minimum absolute atomic E-state index is 0.184. The van der Waals surface area contributed by atoms with Crippen molar-refractivity contribution in [2.75, 3.05) is 18.0 Å². The van der Waals surface area contributed by atoms with E-state index in [-0.39, 0.29) is 6.10 Å². The molecule has 2 heterocycles. The maximum absolute atomic E-state index is 9.47. The zero-order valence-corrected chi connectivity index (χ0v) is 9.51. The van der Waals surface area contributed by atoms with Crippen LogP contribution in [0.2, 0.25) is 0 Å². The van der Waals surface area contributed by atoms with Crippen molar-refractivity contribution in [3.05, 3.63) is 9.98 Å². The second kappa shape index (κ2) is 3.94. The van der Waals surface area contributed by atoms with Crippen LogP contribution < -0.4 is 4.90 Å². The van der Waals surface area contributed by atoms with Gasteiger partial charge in [-0.1, -0.05) is 0 Å². The molecule has 1 atom stereocenters. The SMILES string of the molecule is O[C@H]1CCCN(c2nc(Br)cs2)C1. The van der Waals surface area contributed by atoms with Crippen LogP contribution in [0.5, 0.6) is 0 Å². The number of halogens is 1. The van der Waals surface area contributed by atoms with Gasteiger partial charge in [0.15, 0.2) is 5.13 Å². The van der Waals surface area contributed by atoms with Crippen LogP contribution in [0.25, 0.3) is 0 Å². The summed E-state index contributed by atoms with van der Waals surface area (Å²) in [6.45, 7) is 1.73. The van der Waals surface area contributed by atoms with E-state index in [0.717, 1.165) is 35.7 Å². The number of aliphatic hydroxyl groups excluding tert-OH is 1. The van der Waals surface area contributed by atoms with Crippen molar-refractivity contribution < 1.29 is 5.11 Å². The molecule has 0 unspecified atom stereocenters. The molecule has 3 nitrogen and oxygen atoms in total. The largest absolute Gasteiger partial charge is 0.391 e. The highest BCUT2D eigenvalue weighted by Gasteiger charge is 2.19. The zero-order valence-electron chi connectivity index (χ0n) is 7.11. The number of hydrogen-bond acceptors (Lipinski definition) is 4. The molecule has 0 aromatic carbocycles. The molecular formula is C8H11BrN2OS. The Hall–Kier alpha value is -0.130. The van der Waals surface area contributed by atoms with Crippen LogP contribution >= 0.6 is 27.3 Å². The molecule has 1 aromatic heterocycles. The lowest BCUT2D eigenvalue weighted by Crippen LogP contribution is -2.38. The van der Waals surface area contributed by atoms with Crippen LogP contribution in [-0.4, -0.2) is 29.3 Å².